The van der Waals surface area contributed by atoms with Crippen molar-refractivity contribution in [3.8, 4) is 0 Å². The molecule has 13 nitrogen and oxygen atoms in total. The van der Waals surface area contributed by atoms with E-state index >= 15 is 0 Å². The molecule has 1 fully saturated rings. The van der Waals surface area contributed by atoms with Crippen molar-refractivity contribution < 1.29 is 28.6 Å². The van der Waals surface area contributed by atoms with Crippen LogP contribution in [-0.4, -0.2) is 68.6 Å². The number of carbonyl (C=O) groups excluding carboxylic acids is 3. The van der Waals surface area contributed by atoms with Crippen LogP contribution < -0.4 is 11.2 Å². The molecule has 13 heteroatoms. The maximum absolute atomic E-state index is 13.1. The summed E-state index contributed by atoms with van der Waals surface area (Å²) in [6, 6.07) is 0. The van der Waals surface area contributed by atoms with Gasteiger partial charge in [0.05, 0.1) is 7.11 Å². The first kappa shape index (κ1) is 27.9. The highest BCUT2D eigenvalue weighted by atomic mass is 16.7. The molecule has 3 heterocycles. The van der Waals surface area contributed by atoms with E-state index in [9.17, 15) is 24.0 Å². The zero-order valence-corrected chi connectivity index (χ0v) is 21.9. The van der Waals surface area contributed by atoms with Crippen LogP contribution in [0.4, 0.5) is 4.79 Å². The van der Waals surface area contributed by atoms with E-state index in [1.807, 2.05) is 0 Å². The Kier molecular flexibility index (Phi) is 9.48. The molecule has 1 aliphatic rings. The summed E-state index contributed by atoms with van der Waals surface area (Å²) in [4.78, 5) is 66.3. The summed E-state index contributed by atoms with van der Waals surface area (Å²) in [6.45, 7) is 2.14. The largest absolute Gasteiger partial charge is 0.469 e. The molecule has 0 unspecified atom stereocenters. The van der Waals surface area contributed by atoms with Crippen LogP contribution >= 0.6 is 0 Å². The number of likely N-dealkylation sites (tertiary alicyclic amines) is 1. The van der Waals surface area contributed by atoms with Crippen molar-refractivity contribution in [3.05, 3.63) is 26.7 Å². The van der Waals surface area contributed by atoms with Crippen LogP contribution in [0.25, 0.3) is 11.2 Å². The summed E-state index contributed by atoms with van der Waals surface area (Å²) in [5, 5.41) is 0. The average Bonchev–Trinajstić information content (AvgIpc) is 3.21. The van der Waals surface area contributed by atoms with Gasteiger partial charge < -0.3 is 23.7 Å². The van der Waals surface area contributed by atoms with Crippen LogP contribution in [0.5, 0.6) is 0 Å². The first-order valence-electron chi connectivity index (χ1n) is 12.4. The molecule has 0 bridgehead atoms. The molecule has 3 rings (SSSR count). The van der Waals surface area contributed by atoms with Crippen molar-refractivity contribution in [3.63, 3.8) is 0 Å². The molecule has 1 saturated heterocycles. The molecular formula is C24H35N5O8. The molecule has 0 N–H and O–H groups in total. The number of unbranched alkanes of at least 4 members (excludes halogenated alkanes) is 1. The van der Waals surface area contributed by atoms with Crippen molar-refractivity contribution in [2.45, 2.75) is 58.4 Å². The second-order valence-corrected chi connectivity index (χ2v) is 9.22. The Bertz CT molecular complexity index is 1250. The molecule has 2 aromatic rings. The molecule has 0 saturated carbocycles. The monoisotopic (exact) mass is 521 g/mol. The number of aryl methyl sites for hydroxylation is 3. The van der Waals surface area contributed by atoms with Gasteiger partial charge in [0, 0.05) is 53.5 Å². The van der Waals surface area contributed by atoms with Crippen LogP contribution in [0.15, 0.2) is 9.59 Å². The van der Waals surface area contributed by atoms with E-state index < -0.39 is 30.1 Å². The number of piperidine rings is 1. The lowest BCUT2D eigenvalue weighted by atomic mass is 9.92. The zero-order chi connectivity index (χ0) is 27.1. The van der Waals surface area contributed by atoms with Crippen LogP contribution in [-0.2, 0) is 50.9 Å². The number of fused-ring (bicyclic) bond motifs is 1. The number of aromatic nitrogens is 4. The second kappa shape index (κ2) is 12.5. The molecule has 204 valence electrons. The summed E-state index contributed by atoms with van der Waals surface area (Å²) in [6.07, 6.45) is 3.77. The minimum atomic E-state index is -0.511. The summed E-state index contributed by atoms with van der Waals surface area (Å²) < 4.78 is 18.6. The van der Waals surface area contributed by atoms with Crippen LogP contribution in [0.1, 0.15) is 51.3 Å². The van der Waals surface area contributed by atoms with Crippen LogP contribution in [0.2, 0.25) is 0 Å². The maximum atomic E-state index is 13.1. The fourth-order valence-electron chi connectivity index (χ4n) is 4.60. The summed E-state index contributed by atoms with van der Waals surface area (Å²) in [5.41, 5.74) is -0.129. The Morgan fingerprint density at radius 2 is 1.73 bits per heavy atom. The standard InChI is InChI=1S/C24H35N5O8/c1-16(30)36-15-37-24(34)28-13-10-17(11-14-28)8-9-18-25-20-21(26(18)2)27(3)23(33)29(22(20)32)12-6-5-7-19(31)35-4/h17H,5-15H2,1-4H3. The van der Waals surface area contributed by atoms with Crippen molar-refractivity contribution in [1.29, 1.82) is 0 Å². The number of methoxy groups -OCH3 is 1. The number of ether oxygens (including phenoxy) is 3. The number of imidazole rings is 1. The van der Waals surface area contributed by atoms with E-state index in [-0.39, 0.29) is 24.5 Å². The van der Waals surface area contributed by atoms with Gasteiger partial charge in [0.2, 0.25) is 6.79 Å². The second-order valence-electron chi connectivity index (χ2n) is 9.22. The average molecular weight is 522 g/mol. The highest BCUT2D eigenvalue weighted by Gasteiger charge is 2.25. The number of hydrogen-bond acceptors (Lipinski definition) is 9. The number of amides is 1. The number of carbonyl (C=O) groups is 3. The lowest BCUT2D eigenvalue weighted by molar-refractivity contribution is -0.149. The number of hydrogen-bond donors (Lipinski definition) is 0. The van der Waals surface area contributed by atoms with Gasteiger partial charge in [0.15, 0.2) is 5.52 Å². The van der Waals surface area contributed by atoms with Crippen LogP contribution in [0, 0.1) is 5.92 Å². The molecule has 0 aromatic carbocycles. The van der Waals surface area contributed by atoms with E-state index in [2.05, 4.69) is 14.5 Å². The van der Waals surface area contributed by atoms with E-state index in [4.69, 9.17) is 4.74 Å². The predicted molar refractivity (Wildman–Crippen MR) is 132 cm³/mol. The molecule has 0 aliphatic carbocycles. The number of esters is 2. The first-order valence-corrected chi connectivity index (χ1v) is 12.4. The Morgan fingerprint density at radius 3 is 2.38 bits per heavy atom. The van der Waals surface area contributed by atoms with Gasteiger partial charge in [-0.15, -0.1) is 0 Å². The van der Waals surface area contributed by atoms with Crippen molar-refractivity contribution in [2.75, 3.05) is 27.0 Å². The van der Waals surface area contributed by atoms with Crippen LogP contribution in [0.3, 0.4) is 0 Å². The maximum Gasteiger partial charge on any atom is 0.412 e. The summed E-state index contributed by atoms with van der Waals surface area (Å²) in [7, 11) is 4.74. The third-order valence-corrected chi connectivity index (χ3v) is 6.77. The fourth-order valence-corrected chi connectivity index (χ4v) is 4.60. The molecule has 2 aromatic heterocycles. The van der Waals surface area contributed by atoms with Gasteiger partial charge in [-0.25, -0.2) is 14.6 Å². The smallest absolute Gasteiger partial charge is 0.412 e. The van der Waals surface area contributed by atoms with Gasteiger partial charge in [0.1, 0.15) is 11.5 Å². The van der Waals surface area contributed by atoms with Gasteiger partial charge in [-0.3, -0.25) is 23.5 Å². The van der Waals surface area contributed by atoms with Gasteiger partial charge in [-0.1, -0.05) is 0 Å². The van der Waals surface area contributed by atoms with Gasteiger partial charge in [-0.05, 0) is 38.0 Å². The highest BCUT2D eigenvalue weighted by Crippen LogP contribution is 2.23. The highest BCUT2D eigenvalue weighted by molar-refractivity contribution is 5.71. The van der Waals surface area contributed by atoms with Crippen molar-refractivity contribution in [2.24, 2.45) is 20.0 Å². The predicted octanol–water partition coefficient (Wildman–Crippen LogP) is 1.08. The number of nitrogens with zero attached hydrogens (tertiary/aromatic N) is 5. The molecule has 0 spiro atoms. The Morgan fingerprint density at radius 1 is 1.03 bits per heavy atom. The third kappa shape index (κ3) is 6.77. The minimum Gasteiger partial charge on any atom is -0.469 e. The van der Waals surface area contributed by atoms with E-state index in [1.54, 1.807) is 23.6 Å². The molecule has 1 aliphatic heterocycles. The molecular weight excluding hydrogens is 486 g/mol. The number of rotatable bonds is 10. The Hall–Kier alpha value is -3.64. The van der Waals surface area contributed by atoms with E-state index in [1.165, 1.54) is 23.2 Å². The molecule has 37 heavy (non-hydrogen) atoms. The lowest BCUT2D eigenvalue weighted by Gasteiger charge is -2.31. The van der Waals surface area contributed by atoms with Gasteiger partial charge >= 0.3 is 23.7 Å². The van der Waals surface area contributed by atoms with E-state index in [0.29, 0.717) is 49.7 Å². The lowest BCUT2D eigenvalue weighted by Crippen LogP contribution is -2.39. The summed E-state index contributed by atoms with van der Waals surface area (Å²) in [5.74, 6) is 0.249. The zero-order valence-electron chi connectivity index (χ0n) is 21.9. The topological polar surface area (TPSA) is 144 Å². The first-order chi connectivity index (χ1) is 17.6. The molecule has 1 amide bonds. The SMILES string of the molecule is COC(=O)CCCCn1c(=O)c2nc(CCC3CCN(C(=O)OCOC(C)=O)CC3)n(C)c2n(C)c1=O. The molecule has 0 radical (unpaired) electrons. The third-order valence-electron chi connectivity index (χ3n) is 6.77. The van der Waals surface area contributed by atoms with Crippen molar-refractivity contribution >= 4 is 29.2 Å². The normalized spacial score (nSPS) is 14.1. The summed E-state index contributed by atoms with van der Waals surface area (Å²) >= 11 is 0. The van der Waals surface area contributed by atoms with Gasteiger partial charge in [-0.2, -0.15) is 0 Å². The molecule has 0 atom stereocenters. The quantitative estimate of drug-likeness (QED) is 0.255. The minimum absolute atomic E-state index is 0.201. The Labute approximate surface area is 213 Å². The van der Waals surface area contributed by atoms with Gasteiger partial charge in [0.25, 0.3) is 5.56 Å². The van der Waals surface area contributed by atoms with Crippen molar-refractivity contribution in [1.82, 2.24) is 23.6 Å². The fraction of sp³-hybridized carbons (Fsp3) is 0.667. The van der Waals surface area contributed by atoms with E-state index in [0.717, 1.165) is 19.3 Å². The Balaban J connectivity index is 1.61.